The minimum Gasteiger partial charge on any atom is -0.349 e. The van der Waals surface area contributed by atoms with Crippen molar-refractivity contribution in [1.82, 2.24) is 16.0 Å². The average Bonchev–Trinajstić information content (AvgIpc) is 2.73. The Bertz CT molecular complexity index is 782. The van der Waals surface area contributed by atoms with E-state index >= 15 is 0 Å². The lowest BCUT2D eigenvalue weighted by Gasteiger charge is -2.23. The van der Waals surface area contributed by atoms with Crippen molar-refractivity contribution in [2.45, 2.75) is 25.3 Å². The fourth-order valence-electron chi connectivity index (χ4n) is 3.07. The average molecular weight is 363 g/mol. The fourth-order valence-corrected chi connectivity index (χ4v) is 3.07. The number of piperidine rings is 1. The van der Waals surface area contributed by atoms with Gasteiger partial charge in [0.15, 0.2) is 0 Å². The van der Waals surface area contributed by atoms with Gasteiger partial charge in [-0.1, -0.05) is 55.0 Å². The third kappa shape index (κ3) is 5.79. The molecule has 0 spiro atoms. The van der Waals surface area contributed by atoms with Gasteiger partial charge in [0.05, 0.1) is 0 Å². The lowest BCUT2D eigenvalue weighted by molar-refractivity contribution is -0.117. The number of rotatable bonds is 6. The third-order valence-corrected chi connectivity index (χ3v) is 4.56. The molecule has 1 unspecified atom stereocenters. The first kappa shape index (κ1) is 18.9. The topological polar surface area (TPSA) is 70.2 Å². The van der Waals surface area contributed by atoms with Crippen LogP contribution in [-0.4, -0.2) is 30.9 Å². The minimum absolute atomic E-state index is 0.242. The Balaban J connectivity index is 1.71. The molecule has 5 heteroatoms. The normalized spacial score (nSPS) is 17.2. The Kier molecular flexibility index (Phi) is 6.77. The molecule has 3 N–H and O–H groups in total. The zero-order chi connectivity index (χ0) is 18.9. The SMILES string of the molecule is O=C(NCC1CCCCN1)/C(=C/c1ccccc1)NC(=O)c1ccccc1. The second-order valence-corrected chi connectivity index (χ2v) is 6.65. The molecule has 1 saturated heterocycles. The van der Waals surface area contributed by atoms with Crippen molar-refractivity contribution in [3.05, 3.63) is 77.5 Å². The lowest BCUT2D eigenvalue weighted by Crippen LogP contribution is -2.45. The summed E-state index contributed by atoms with van der Waals surface area (Å²) in [6.07, 6.45) is 5.10. The van der Waals surface area contributed by atoms with Crippen molar-refractivity contribution < 1.29 is 9.59 Å². The van der Waals surface area contributed by atoms with Crippen LogP contribution in [0.5, 0.6) is 0 Å². The molecule has 5 nitrogen and oxygen atoms in total. The molecule has 1 atom stereocenters. The number of carbonyl (C=O) groups is 2. The largest absolute Gasteiger partial charge is 0.349 e. The van der Waals surface area contributed by atoms with Crippen molar-refractivity contribution >= 4 is 17.9 Å². The van der Waals surface area contributed by atoms with Gasteiger partial charge >= 0.3 is 0 Å². The molecule has 140 valence electrons. The third-order valence-electron chi connectivity index (χ3n) is 4.56. The summed E-state index contributed by atoms with van der Waals surface area (Å²) in [4.78, 5) is 25.2. The van der Waals surface area contributed by atoms with Crippen LogP contribution in [0.1, 0.15) is 35.2 Å². The summed E-state index contributed by atoms with van der Waals surface area (Å²) >= 11 is 0. The molecule has 0 radical (unpaired) electrons. The summed E-state index contributed by atoms with van der Waals surface area (Å²) < 4.78 is 0. The molecule has 2 amide bonds. The predicted octanol–water partition coefficient (Wildman–Crippen LogP) is 2.72. The second-order valence-electron chi connectivity index (χ2n) is 6.65. The monoisotopic (exact) mass is 363 g/mol. The van der Waals surface area contributed by atoms with Gasteiger partial charge in [0.25, 0.3) is 11.8 Å². The van der Waals surface area contributed by atoms with E-state index in [9.17, 15) is 9.59 Å². The van der Waals surface area contributed by atoms with Gasteiger partial charge in [-0.05, 0) is 43.2 Å². The quantitative estimate of drug-likeness (QED) is 0.691. The minimum atomic E-state index is -0.302. The molecule has 0 aliphatic carbocycles. The maximum absolute atomic E-state index is 12.7. The maximum atomic E-state index is 12.7. The van der Waals surface area contributed by atoms with Crippen LogP contribution in [0.3, 0.4) is 0 Å². The summed E-state index contributed by atoms with van der Waals surface area (Å²) in [6.45, 7) is 1.53. The van der Waals surface area contributed by atoms with Crippen LogP contribution >= 0.6 is 0 Å². The highest BCUT2D eigenvalue weighted by Gasteiger charge is 2.17. The zero-order valence-electron chi connectivity index (χ0n) is 15.3. The molecule has 1 aliphatic rings. The van der Waals surface area contributed by atoms with Crippen LogP contribution in [0.15, 0.2) is 66.4 Å². The first-order chi connectivity index (χ1) is 13.2. The number of nitrogens with one attached hydrogen (secondary N) is 3. The van der Waals surface area contributed by atoms with Crippen molar-refractivity contribution in [2.75, 3.05) is 13.1 Å². The van der Waals surface area contributed by atoms with Crippen LogP contribution < -0.4 is 16.0 Å². The Hall–Kier alpha value is -2.92. The molecule has 1 aliphatic heterocycles. The van der Waals surface area contributed by atoms with E-state index < -0.39 is 0 Å². The number of hydrogen-bond donors (Lipinski definition) is 3. The molecule has 27 heavy (non-hydrogen) atoms. The summed E-state index contributed by atoms with van der Waals surface area (Å²) in [5.41, 5.74) is 1.61. The van der Waals surface area contributed by atoms with Gasteiger partial charge in [0.1, 0.15) is 5.70 Å². The summed E-state index contributed by atoms with van der Waals surface area (Å²) in [5.74, 6) is -0.584. The van der Waals surface area contributed by atoms with Crippen LogP contribution in [0, 0.1) is 0 Å². The van der Waals surface area contributed by atoms with E-state index in [1.165, 1.54) is 12.8 Å². The van der Waals surface area contributed by atoms with E-state index in [1.54, 1.807) is 30.3 Å². The molecule has 0 bridgehead atoms. The van der Waals surface area contributed by atoms with Gasteiger partial charge in [0.2, 0.25) is 0 Å². The van der Waals surface area contributed by atoms with Crippen molar-refractivity contribution in [3.8, 4) is 0 Å². The maximum Gasteiger partial charge on any atom is 0.267 e. The fraction of sp³-hybridized carbons (Fsp3) is 0.273. The molecule has 3 rings (SSSR count). The van der Waals surface area contributed by atoms with Crippen molar-refractivity contribution in [2.24, 2.45) is 0 Å². The van der Waals surface area contributed by atoms with E-state index in [0.717, 1.165) is 18.5 Å². The van der Waals surface area contributed by atoms with Crippen LogP contribution in [0.4, 0.5) is 0 Å². The van der Waals surface area contributed by atoms with Crippen LogP contribution in [-0.2, 0) is 4.79 Å². The smallest absolute Gasteiger partial charge is 0.267 e. The Morgan fingerprint density at radius 1 is 1.00 bits per heavy atom. The second kappa shape index (κ2) is 9.69. The van der Waals surface area contributed by atoms with Gasteiger partial charge in [-0.15, -0.1) is 0 Å². The summed E-state index contributed by atoms with van der Waals surface area (Å²) in [7, 11) is 0. The summed E-state index contributed by atoms with van der Waals surface area (Å²) in [5, 5.41) is 9.11. The number of benzene rings is 2. The van der Waals surface area contributed by atoms with Gasteiger partial charge in [-0.3, -0.25) is 9.59 Å². The Morgan fingerprint density at radius 2 is 1.70 bits per heavy atom. The number of amides is 2. The molecule has 2 aromatic rings. The first-order valence-electron chi connectivity index (χ1n) is 9.37. The lowest BCUT2D eigenvalue weighted by atomic mass is 10.1. The highest BCUT2D eigenvalue weighted by Crippen LogP contribution is 2.09. The van der Waals surface area contributed by atoms with Crippen LogP contribution in [0.25, 0.3) is 6.08 Å². The molecule has 0 aromatic heterocycles. The van der Waals surface area contributed by atoms with Gasteiger partial charge in [0, 0.05) is 18.2 Å². The molecule has 2 aromatic carbocycles. The molecule has 0 saturated carbocycles. The van der Waals surface area contributed by atoms with Crippen molar-refractivity contribution in [3.63, 3.8) is 0 Å². The standard InChI is InChI=1S/C22H25N3O2/c26-21(18-11-5-2-6-12-18)25-20(15-17-9-3-1-4-10-17)22(27)24-16-19-13-7-8-14-23-19/h1-6,9-12,15,19,23H,7-8,13-14,16H2,(H,24,27)(H,25,26)/b20-15-. The number of carbonyl (C=O) groups excluding carboxylic acids is 2. The highest BCUT2D eigenvalue weighted by atomic mass is 16.2. The van der Waals surface area contributed by atoms with Crippen molar-refractivity contribution in [1.29, 1.82) is 0 Å². The van der Waals surface area contributed by atoms with E-state index in [-0.39, 0.29) is 23.6 Å². The Labute approximate surface area is 159 Å². The predicted molar refractivity (Wildman–Crippen MR) is 107 cm³/mol. The first-order valence-corrected chi connectivity index (χ1v) is 9.37. The van der Waals surface area contributed by atoms with E-state index in [2.05, 4.69) is 16.0 Å². The molecule has 1 fully saturated rings. The van der Waals surface area contributed by atoms with E-state index in [0.29, 0.717) is 12.1 Å². The zero-order valence-corrected chi connectivity index (χ0v) is 15.3. The molecular weight excluding hydrogens is 338 g/mol. The van der Waals surface area contributed by atoms with Gasteiger partial charge < -0.3 is 16.0 Å². The molecular formula is C22H25N3O2. The highest BCUT2D eigenvalue weighted by molar-refractivity contribution is 6.05. The van der Waals surface area contributed by atoms with Crippen LogP contribution in [0.2, 0.25) is 0 Å². The molecule has 1 heterocycles. The van der Waals surface area contributed by atoms with Gasteiger partial charge in [-0.25, -0.2) is 0 Å². The number of hydrogen-bond acceptors (Lipinski definition) is 3. The summed E-state index contributed by atoms with van der Waals surface area (Å²) in [6, 6.07) is 18.7. The van der Waals surface area contributed by atoms with E-state index in [1.807, 2.05) is 36.4 Å². The Morgan fingerprint density at radius 3 is 2.37 bits per heavy atom. The van der Waals surface area contributed by atoms with E-state index in [4.69, 9.17) is 0 Å². The van der Waals surface area contributed by atoms with Gasteiger partial charge in [-0.2, -0.15) is 0 Å².